The van der Waals surface area contributed by atoms with Crippen LogP contribution in [0.4, 0.5) is 4.39 Å². The molecular formula is C13H16ClFO2. The van der Waals surface area contributed by atoms with Crippen molar-refractivity contribution in [3.63, 3.8) is 0 Å². The number of benzene rings is 1. The molecule has 1 fully saturated rings. The Hall–Kier alpha value is -0.640. The minimum absolute atomic E-state index is 0.120. The van der Waals surface area contributed by atoms with Gasteiger partial charge in [0.1, 0.15) is 5.82 Å². The van der Waals surface area contributed by atoms with Gasteiger partial charge in [0, 0.05) is 13.2 Å². The van der Waals surface area contributed by atoms with Crippen LogP contribution in [0.15, 0.2) is 18.2 Å². The van der Waals surface area contributed by atoms with Gasteiger partial charge in [0.15, 0.2) is 0 Å². The first-order valence-electron chi connectivity index (χ1n) is 5.86. The molecule has 0 saturated carbocycles. The Morgan fingerprint density at radius 3 is 2.76 bits per heavy atom. The van der Waals surface area contributed by atoms with Crippen molar-refractivity contribution >= 4 is 11.6 Å². The van der Waals surface area contributed by atoms with Crippen LogP contribution in [-0.2, 0) is 11.2 Å². The van der Waals surface area contributed by atoms with Gasteiger partial charge in [0.25, 0.3) is 0 Å². The number of ether oxygens (including phenoxy) is 1. The number of hydrogen-bond donors (Lipinski definition) is 1. The van der Waals surface area contributed by atoms with Crippen molar-refractivity contribution < 1.29 is 14.2 Å². The maximum Gasteiger partial charge on any atom is 0.142 e. The molecular weight excluding hydrogens is 243 g/mol. The van der Waals surface area contributed by atoms with Crippen LogP contribution in [0.5, 0.6) is 0 Å². The van der Waals surface area contributed by atoms with E-state index in [2.05, 4.69) is 0 Å². The zero-order valence-electron chi connectivity index (χ0n) is 9.53. The highest BCUT2D eigenvalue weighted by molar-refractivity contribution is 6.30. The van der Waals surface area contributed by atoms with Crippen LogP contribution in [0.25, 0.3) is 0 Å². The van der Waals surface area contributed by atoms with Crippen LogP contribution in [0.1, 0.15) is 18.4 Å². The van der Waals surface area contributed by atoms with Crippen molar-refractivity contribution in [3.8, 4) is 0 Å². The average Bonchev–Trinajstić information content (AvgIpc) is 2.35. The van der Waals surface area contributed by atoms with Gasteiger partial charge in [-0.2, -0.15) is 0 Å². The summed E-state index contributed by atoms with van der Waals surface area (Å²) in [4.78, 5) is 0. The fourth-order valence-electron chi connectivity index (χ4n) is 2.18. The van der Waals surface area contributed by atoms with E-state index in [0.29, 0.717) is 19.6 Å². The Kier molecular flexibility index (Phi) is 4.37. The molecule has 2 nitrogen and oxygen atoms in total. The first-order chi connectivity index (χ1) is 8.16. The third kappa shape index (κ3) is 3.41. The molecule has 1 aliphatic rings. The van der Waals surface area contributed by atoms with Gasteiger partial charge in [0.2, 0.25) is 0 Å². The summed E-state index contributed by atoms with van der Waals surface area (Å²) in [5.74, 6) is -0.175. The lowest BCUT2D eigenvalue weighted by molar-refractivity contribution is 0.00838. The van der Waals surface area contributed by atoms with Gasteiger partial charge in [-0.1, -0.05) is 17.7 Å². The predicted octanol–water partition coefficient (Wildman–Crippen LogP) is 2.81. The molecule has 1 saturated heterocycles. The van der Waals surface area contributed by atoms with Gasteiger partial charge in [-0.05, 0) is 42.9 Å². The van der Waals surface area contributed by atoms with Gasteiger partial charge < -0.3 is 9.84 Å². The minimum atomic E-state index is -0.431. The highest BCUT2D eigenvalue weighted by Gasteiger charge is 2.22. The average molecular weight is 259 g/mol. The highest BCUT2D eigenvalue weighted by Crippen LogP contribution is 2.23. The number of hydrogen-bond acceptors (Lipinski definition) is 2. The molecule has 0 aromatic heterocycles. The molecule has 4 heteroatoms. The van der Waals surface area contributed by atoms with E-state index in [1.54, 1.807) is 6.07 Å². The maximum atomic E-state index is 13.2. The Labute approximate surface area is 105 Å². The largest absolute Gasteiger partial charge is 0.392 e. The molecule has 0 amide bonds. The van der Waals surface area contributed by atoms with E-state index >= 15 is 0 Å². The Balaban J connectivity index is 1.96. The lowest BCUT2D eigenvalue weighted by atomic mass is 9.90. The molecule has 0 radical (unpaired) electrons. The van der Waals surface area contributed by atoms with Crippen LogP contribution >= 0.6 is 11.6 Å². The number of aliphatic hydroxyl groups is 1. The van der Waals surface area contributed by atoms with Gasteiger partial charge in [-0.25, -0.2) is 4.39 Å². The van der Waals surface area contributed by atoms with Crippen LogP contribution in [0, 0.1) is 11.7 Å². The quantitative estimate of drug-likeness (QED) is 0.903. The maximum absolute atomic E-state index is 13.2. The van der Waals surface area contributed by atoms with Crippen molar-refractivity contribution in [1.82, 2.24) is 0 Å². The highest BCUT2D eigenvalue weighted by atomic mass is 35.5. The van der Waals surface area contributed by atoms with Crippen LogP contribution in [-0.4, -0.2) is 24.4 Å². The molecule has 1 aromatic carbocycles. The van der Waals surface area contributed by atoms with Gasteiger partial charge in [0.05, 0.1) is 11.1 Å². The van der Waals surface area contributed by atoms with Crippen molar-refractivity contribution in [2.45, 2.75) is 25.4 Å². The van der Waals surface area contributed by atoms with E-state index in [1.165, 1.54) is 12.1 Å². The van der Waals surface area contributed by atoms with Gasteiger partial charge in [-0.3, -0.25) is 0 Å². The van der Waals surface area contributed by atoms with E-state index < -0.39 is 11.9 Å². The normalized spacial score (nSPS) is 19.2. The molecule has 2 rings (SSSR count). The van der Waals surface area contributed by atoms with E-state index in [-0.39, 0.29) is 10.9 Å². The van der Waals surface area contributed by atoms with Crippen molar-refractivity contribution in [3.05, 3.63) is 34.6 Å². The predicted molar refractivity (Wildman–Crippen MR) is 64.7 cm³/mol. The molecule has 0 bridgehead atoms. The molecule has 0 aliphatic carbocycles. The molecule has 1 aromatic rings. The van der Waals surface area contributed by atoms with Gasteiger partial charge >= 0.3 is 0 Å². The standard InChI is InChI=1S/C13H16ClFO2/c14-11-2-1-9(7-12(11)15)8-13(16)10-3-5-17-6-4-10/h1-2,7,10,13,16H,3-6,8H2. The lowest BCUT2D eigenvalue weighted by Crippen LogP contribution is -2.28. The third-order valence-corrected chi connectivity index (χ3v) is 3.55. The molecule has 1 heterocycles. The first-order valence-corrected chi connectivity index (χ1v) is 6.24. The fraction of sp³-hybridized carbons (Fsp3) is 0.538. The summed E-state index contributed by atoms with van der Waals surface area (Å²) >= 11 is 5.61. The second-order valence-corrected chi connectivity index (χ2v) is 4.88. The van der Waals surface area contributed by atoms with Crippen LogP contribution in [0.3, 0.4) is 0 Å². The number of rotatable bonds is 3. The zero-order chi connectivity index (χ0) is 12.3. The molecule has 1 aliphatic heterocycles. The molecule has 0 spiro atoms. The van der Waals surface area contributed by atoms with Crippen molar-refractivity contribution in [1.29, 1.82) is 0 Å². The van der Waals surface area contributed by atoms with E-state index in [0.717, 1.165) is 18.4 Å². The summed E-state index contributed by atoms with van der Waals surface area (Å²) in [5.41, 5.74) is 0.783. The summed E-state index contributed by atoms with van der Waals surface area (Å²) in [5, 5.41) is 10.2. The van der Waals surface area contributed by atoms with Crippen LogP contribution in [0.2, 0.25) is 5.02 Å². The molecule has 1 unspecified atom stereocenters. The zero-order valence-corrected chi connectivity index (χ0v) is 10.3. The Morgan fingerprint density at radius 2 is 2.12 bits per heavy atom. The van der Waals surface area contributed by atoms with E-state index in [9.17, 15) is 9.50 Å². The first kappa shape index (κ1) is 12.8. The van der Waals surface area contributed by atoms with E-state index in [4.69, 9.17) is 16.3 Å². The van der Waals surface area contributed by atoms with E-state index in [1.807, 2.05) is 0 Å². The summed E-state index contributed by atoms with van der Waals surface area (Å²) < 4.78 is 18.5. The smallest absolute Gasteiger partial charge is 0.142 e. The summed E-state index contributed by atoms with van der Waals surface area (Å²) in [6, 6.07) is 4.68. The second-order valence-electron chi connectivity index (χ2n) is 4.47. The van der Waals surface area contributed by atoms with Crippen LogP contribution < -0.4 is 0 Å². The summed E-state index contributed by atoms with van der Waals surface area (Å²) in [7, 11) is 0. The minimum Gasteiger partial charge on any atom is -0.392 e. The molecule has 1 N–H and O–H groups in total. The van der Waals surface area contributed by atoms with Gasteiger partial charge in [-0.15, -0.1) is 0 Å². The summed E-state index contributed by atoms with van der Waals surface area (Å²) in [6.07, 6.45) is 1.78. The molecule has 94 valence electrons. The monoisotopic (exact) mass is 258 g/mol. The SMILES string of the molecule is OC(Cc1ccc(Cl)c(F)c1)C1CCOCC1. The van der Waals surface area contributed by atoms with Crippen molar-refractivity contribution in [2.24, 2.45) is 5.92 Å². The topological polar surface area (TPSA) is 29.5 Å². The third-order valence-electron chi connectivity index (χ3n) is 3.24. The Bertz CT molecular complexity index is 378. The lowest BCUT2D eigenvalue weighted by Gasteiger charge is -2.26. The molecule has 1 atom stereocenters. The second kappa shape index (κ2) is 5.80. The Morgan fingerprint density at radius 1 is 1.41 bits per heavy atom. The fourth-order valence-corrected chi connectivity index (χ4v) is 2.29. The molecule has 17 heavy (non-hydrogen) atoms. The summed E-state index contributed by atoms with van der Waals surface area (Å²) in [6.45, 7) is 1.41. The number of aliphatic hydroxyl groups excluding tert-OH is 1. The number of halogens is 2. The van der Waals surface area contributed by atoms with Crippen molar-refractivity contribution in [2.75, 3.05) is 13.2 Å².